The summed E-state index contributed by atoms with van der Waals surface area (Å²) in [5, 5.41) is 3.53. The minimum atomic E-state index is -0.783. The Kier molecular flexibility index (Phi) is 6.54. The molecule has 1 aromatic carbocycles. The maximum atomic E-state index is 12.1. The van der Waals surface area contributed by atoms with E-state index in [1.165, 1.54) is 6.07 Å². The molecule has 24 heavy (non-hydrogen) atoms. The van der Waals surface area contributed by atoms with Crippen molar-refractivity contribution in [3.05, 3.63) is 40.2 Å². The molecule has 0 unspecified atom stereocenters. The van der Waals surface area contributed by atoms with Crippen LogP contribution in [0.25, 0.3) is 11.0 Å². The number of nitrogens with two attached hydrogens (primary N) is 1. The molecule has 0 radical (unpaired) electrons. The van der Waals surface area contributed by atoms with Gasteiger partial charge in [0.25, 0.3) is 0 Å². The molecular weight excluding hydrogens is 332 g/mol. The first-order valence-electron chi connectivity index (χ1n) is 7.40. The topological polar surface area (TPSA) is 94.6 Å². The first kappa shape index (κ1) is 20.2. The molecule has 0 aliphatic rings. The van der Waals surface area contributed by atoms with Crippen LogP contribution in [0.2, 0.25) is 0 Å². The molecule has 1 atom stereocenters. The average Bonchev–Trinajstić information content (AvgIpc) is 2.43. The van der Waals surface area contributed by atoms with Gasteiger partial charge in [0.2, 0.25) is 5.91 Å². The zero-order valence-electron chi connectivity index (χ0n) is 14.2. The standard InChI is InChI=1S/C17H22N2O4.ClH/c1-10-7-15(20)23-14-8-11(5-6-12(10)14)19-16(21)13(18)9-22-17(2,3)4;/h5-8,13H,9,18H2,1-4H3,(H,19,21);1H/t13-;/m0./s1. The zero-order valence-corrected chi connectivity index (χ0v) is 15.0. The summed E-state index contributed by atoms with van der Waals surface area (Å²) in [6.45, 7) is 7.64. The molecule has 0 spiro atoms. The number of ether oxygens (including phenoxy) is 1. The van der Waals surface area contributed by atoms with Gasteiger partial charge in [-0.3, -0.25) is 4.79 Å². The van der Waals surface area contributed by atoms with E-state index in [9.17, 15) is 9.59 Å². The molecule has 0 aliphatic heterocycles. The van der Waals surface area contributed by atoms with E-state index in [4.69, 9.17) is 14.9 Å². The Bertz CT molecular complexity index is 780. The van der Waals surface area contributed by atoms with Gasteiger partial charge in [-0.2, -0.15) is 0 Å². The van der Waals surface area contributed by atoms with E-state index in [-0.39, 0.29) is 30.5 Å². The molecule has 2 aromatic rings. The quantitative estimate of drug-likeness (QED) is 0.823. The van der Waals surface area contributed by atoms with Crippen molar-refractivity contribution in [2.75, 3.05) is 11.9 Å². The van der Waals surface area contributed by atoms with Gasteiger partial charge >= 0.3 is 5.63 Å². The van der Waals surface area contributed by atoms with Gasteiger partial charge in [-0.25, -0.2) is 4.79 Å². The summed E-state index contributed by atoms with van der Waals surface area (Å²) in [4.78, 5) is 23.5. The molecule has 6 nitrogen and oxygen atoms in total. The number of amides is 1. The Morgan fingerprint density at radius 3 is 2.62 bits per heavy atom. The van der Waals surface area contributed by atoms with Gasteiger partial charge < -0.3 is 20.2 Å². The summed E-state index contributed by atoms with van der Waals surface area (Å²) >= 11 is 0. The molecule has 1 amide bonds. The smallest absolute Gasteiger partial charge is 0.336 e. The number of carbonyl (C=O) groups excluding carboxylic acids is 1. The van der Waals surface area contributed by atoms with Crippen LogP contribution in [0.3, 0.4) is 0 Å². The van der Waals surface area contributed by atoms with E-state index >= 15 is 0 Å². The molecular formula is C17H23ClN2O4. The fraction of sp³-hybridized carbons (Fsp3) is 0.412. The fourth-order valence-electron chi connectivity index (χ4n) is 2.05. The van der Waals surface area contributed by atoms with Crippen LogP contribution in [0.15, 0.2) is 33.5 Å². The largest absolute Gasteiger partial charge is 0.423 e. The molecule has 0 saturated carbocycles. The third-order valence-electron chi connectivity index (χ3n) is 3.25. The third kappa shape index (κ3) is 5.33. The first-order chi connectivity index (χ1) is 10.7. The highest BCUT2D eigenvalue weighted by Crippen LogP contribution is 2.20. The molecule has 132 valence electrons. The van der Waals surface area contributed by atoms with Crippen LogP contribution in [0.4, 0.5) is 5.69 Å². The van der Waals surface area contributed by atoms with E-state index in [0.717, 1.165) is 10.9 Å². The number of aryl methyl sites for hydroxylation is 1. The van der Waals surface area contributed by atoms with Crippen LogP contribution >= 0.6 is 12.4 Å². The van der Waals surface area contributed by atoms with Crippen molar-refractivity contribution in [2.45, 2.75) is 39.3 Å². The maximum Gasteiger partial charge on any atom is 0.336 e. The van der Waals surface area contributed by atoms with Crippen molar-refractivity contribution in [1.29, 1.82) is 0 Å². The van der Waals surface area contributed by atoms with E-state index in [0.29, 0.717) is 11.3 Å². The average molecular weight is 355 g/mol. The summed E-state index contributed by atoms with van der Waals surface area (Å²) < 4.78 is 10.7. The Labute approximate surface area is 146 Å². The highest BCUT2D eigenvalue weighted by atomic mass is 35.5. The van der Waals surface area contributed by atoms with Gasteiger partial charge in [0.05, 0.1) is 12.2 Å². The third-order valence-corrected chi connectivity index (χ3v) is 3.25. The number of halogens is 1. The van der Waals surface area contributed by atoms with E-state index in [1.807, 2.05) is 27.7 Å². The summed E-state index contributed by atoms with van der Waals surface area (Å²) in [7, 11) is 0. The van der Waals surface area contributed by atoms with Crippen molar-refractivity contribution in [1.82, 2.24) is 0 Å². The van der Waals surface area contributed by atoms with Crippen LogP contribution in [0, 0.1) is 6.92 Å². The number of hydrogen-bond donors (Lipinski definition) is 2. The predicted molar refractivity (Wildman–Crippen MR) is 96.8 cm³/mol. The second-order valence-electron chi connectivity index (χ2n) is 6.48. The van der Waals surface area contributed by atoms with Crippen LogP contribution in [-0.2, 0) is 9.53 Å². The van der Waals surface area contributed by atoms with Crippen molar-refractivity contribution in [2.24, 2.45) is 5.73 Å². The fourth-order valence-corrected chi connectivity index (χ4v) is 2.05. The van der Waals surface area contributed by atoms with Gasteiger partial charge in [-0.15, -0.1) is 12.4 Å². The molecule has 1 heterocycles. The lowest BCUT2D eigenvalue weighted by Gasteiger charge is -2.22. The lowest BCUT2D eigenvalue weighted by atomic mass is 10.1. The minimum Gasteiger partial charge on any atom is -0.423 e. The van der Waals surface area contributed by atoms with Crippen LogP contribution in [0.5, 0.6) is 0 Å². The maximum absolute atomic E-state index is 12.1. The molecule has 7 heteroatoms. The van der Waals surface area contributed by atoms with Crippen molar-refractivity contribution >= 4 is 35.0 Å². The molecule has 2 rings (SSSR count). The Morgan fingerprint density at radius 2 is 2.00 bits per heavy atom. The Morgan fingerprint density at radius 1 is 1.33 bits per heavy atom. The van der Waals surface area contributed by atoms with Crippen molar-refractivity contribution < 1.29 is 13.9 Å². The molecule has 0 saturated heterocycles. The molecule has 1 aromatic heterocycles. The summed E-state index contributed by atoms with van der Waals surface area (Å²) in [6, 6.07) is 5.79. The van der Waals surface area contributed by atoms with E-state index in [2.05, 4.69) is 5.32 Å². The number of carbonyl (C=O) groups is 1. The Balaban J connectivity index is 0.00000288. The minimum absolute atomic E-state index is 0. The lowest BCUT2D eigenvalue weighted by Crippen LogP contribution is -2.41. The van der Waals surface area contributed by atoms with Gasteiger partial charge in [0.1, 0.15) is 11.6 Å². The summed E-state index contributed by atoms with van der Waals surface area (Å²) in [5.74, 6) is -0.358. The van der Waals surface area contributed by atoms with Gasteiger partial charge in [-0.1, -0.05) is 0 Å². The highest BCUT2D eigenvalue weighted by molar-refractivity contribution is 5.96. The predicted octanol–water partition coefficient (Wildman–Crippen LogP) is 2.60. The number of benzene rings is 1. The van der Waals surface area contributed by atoms with E-state index < -0.39 is 11.7 Å². The number of rotatable bonds is 4. The number of hydrogen-bond acceptors (Lipinski definition) is 5. The van der Waals surface area contributed by atoms with Gasteiger partial charge in [0.15, 0.2) is 0 Å². The second kappa shape index (κ2) is 7.79. The number of anilines is 1. The van der Waals surface area contributed by atoms with Crippen LogP contribution in [-0.4, -0.2) is 24.2 Å². The molecule has 0 fully saturated rings. The van der Waals surface area contributed by atoms with Crippen LogP contribution in [0.1, 0.15) is 26.3 Å². The first-order valence-corrected chi connectivity index (χ1v) is 7.40. The van der Waals surface area contributed by atoms with Gasteiger partial charge in [0, 0.05) is 23.2 Å². The highest BCUT2D eigenvalue weighted by Gasteiger charge is 2.18. The van der Waals surface area contributed by atoms with E-state index in [1.54, 1.807) is 18.2 Å². The van der Waals surface area contributed by atoms with Gasteiger partial charge in [-0.05, 0) is 45.4 Å². The summed E-state index contributed by atoms with van der Waals surface area (Å²) in [5.41, 5.74) is 6.80. The molecule has 3 N–H and O–H groups in total. The Hall–Kier alpha value is -1.89. The zero-order chi connectivity index (χ0) is 17.2. The van der Waals surface area contributed by atoms with Crippen molar-refractivity contribution in [3.8, 4) is 0 Å². The van der Waals surface area contributed by atoms with Crippen LogP contribution < -0.4 is 16.7 Å². The molecule has 0 bridgehead atoms. The number of fused-ring (bicyclic) bond motifs is 1. The SMILES string of the molecule is Cc1cc(=O)oc2cc(NC(=O)[C@@H](N)COC(C)(C)C)ccc12.Cl. The monoisotopic (exact) mass is 354 g/mol. The lowest BCUT2D eigenvalue weighted by molar-refractivity contribution is -0.120. The van der Waals surface area contributed by atoms with Crippen molar-refractivity contribution in [3.63, 3.8) is 0 Å². The normalized spacial score (nSPS) is 12.5. The number of nitrogens with one attached hydrogen (secondary N) is 1. The summed E-state index contributed by atoms with van der Waals surface area (Å²) in [6.07, 6.45) is 0. The second-order valence-corrected chi connectivity index (χ2v) is 6.48. The molecule has 0 aliphatic carbocycles.